The lowest BCUT2D eigenvalue weighted by molar-refractivity contribution is 0.146. The molecule has 0 radical (unpaired) electrons. The van der Waals surface area contributed by atoms with E-state index in [9.17, 15) is 8.78 Å². The van der Waals surface area contributed by atoms with Crippen LogP contribution in [0.25, 0.3) is 0 Å². The standard InChI is InChI=1S/C8H8F2O2/c1-12-6-4-2-3-5(7(6)11)8(9)10/h2-4,8,11H,1H3. The van der Waals surface area contributed by atoms with Gasteiger partial charge in [0.25, 0.3) is 6.43 Å². The molecule has 1 N–H and O–H groups in total. The van der Waals surface area contributed by atoms with Crippen LogP contribution in [0.1, 0.15) is 12.0 Å². The molecule has 1 aromatic carbocycles. The molecule has 0 aliphatic carbocycles. The van der Waals surface area contributed by atoms with Crippen molar-refractivity contribution in [1.82, 2.24) is 0 Å². The van der Waals surface area contributed by atoms with Gasteiger partial charge in [-0.25, -0.2) is 8.78 Å². The van der Waals surface area contributed by atoms with Gasteiger partial charge >= 0.3 is 0 Å². The summed E-state index contributed by atoms with van der Waals surface area (Å²) in [5.74, 6) is -0.428. The largest absolute Gasteiger partial charge is 0.504 e. The van der Waals surface area contributed by atoms with Crippen LogP contribution in [0.3, 0.4) is 0 Å². The van der Waals surface area contributed by atoms with Crippen molar-refractivity contribution in [3.63, 3.8) is 0 Å². The highest BCUT2D eigenvalue weighted by Gasteiger charge is 2.15. The summed E-state index contributed by atoms with van der Waals surface area (Å²) in [7, 11) is 1.31. The Bertz CT molecular complexity index is 274. The van der Waals surface area contributed by atoms with E-state index in [2.05, 4.69) is 4.74 Å². The highest BCUT2D eigenvalue weighted by molar-refractivity contribution is 5.45. The van der Waals surface area contributed by atoms with Crippen LogP contribution in [0.4, 0.5) is 8.78 Å². The number of alkyl halides is 2. The van der Waals surface area contributed by atoms with Gasteiger partial charge in [0.1, 0.15) is 0 Å². The number of hydrogen-bond acceptors (Lipinski definition) is 2. The summed E-state index contributed by atoms with van der Waals surface area (Å²) in [4.78, 5) is 0. The van der Waals surface area contributed by atoms with E-state index in [1.165, 1.54) is 19.2 Å². The Hall–Kier alpha value is -1.32. The van der Waals surface area contributed by atoms with Crippen LogP contribution in [0.15, 0.2) is 18.2 Å². The van der Waals surface area contributed by atoms with E-state index in [1.54, 1.807) is 0 Å². The van der Waals surface area contributed by atoms with E-state index < -0.39 is 17.7 Å². The number of hydrogen-bond donors (Lipinski definition) is 1. The summed E-state index contributed by atoms with van der Waals surface area (Å²) in [5, 5.41) is 9.15. The van der Waals surface area contributed by atoms with Gasteiger partial charge in [0.05, 0.1) is 12.7 Å². The second-order valence-electron chi connectivity index (χ2n) is 2.20. The lowest BCUT2D eigenvalue weighted by Gasteiger charge is -2.06. The van der Waals surface area contributed by atoms with Crippen molar-refractivity contribution in [1.29, 1.82) is 0 Å². The Morgan fingerprint density at radius 1 is 1.42 bits per heavy atom. The first-order chi connectivity index (χ1) is 5.66. The molecule has 0 saturated heterocycles. The summed E-state index contributed by atoms with van der Waals surface area (Å²) in [5.41, 5.74) is -0.408. The van der Waals surface area contributed by atoms with Gasteiger partial charge in [-0.05, 0) is 12.1 Å². The quantitative estimate of drug-likeness (QED) is 0.745. The van der Waals surface area contributed by atoms with Gasteiger partial charge in [0.2, 0.25) is 0 Å². The fourth-order valence-electron chi connectivity index (χ4n) is 0.880. The fraction of sp³-hybridized carbons (Fsp3) is 0.250. The Morgan fingerprint density at radius 3 is 2.58 bits per heavy atom. The van der Waals surface area contributed by atoms with Crippen molar-refractivity contribution in [2.75, 3.05) is 7.11 Å². The SMILES string of the molecule is COc1cccc(C(F)F)c1O. The molecule has 0 aliphatic heterocycles. The number of aromatic hydroxyl groups is 1. The molecule has 0 heterocycles. The Labute approximate surface area is 68.4 Å². The summed E-state index contributed by atoms with van der Waals surface area (Å²) >= 11 is 0. The molecule has 66 valence electrons. The number of rotatable bonds is 2. The molecular weight excluding hydrogens is 166 g/mol. The molecule has 0 aliphatic rings. The first kappa shape index (κ1) is 8.77. The summed E-state index contributed by atoms with van der Waals surface area (Å²) in [6.45, 7) is 0. The van der Waals surface area contributed by atoms with Crippen molar-refractivity contribution < 1.29 is 18.6 Å². The molecule has 12 heavy (non-hydrogen) atoms. The average Bonchev–Trinajstić information content (AvgIpc) is 2.04. The van der Waals surface area contributed by atoms with E-state index in [-0.39, 0.29) is 5.75 Å². The number of benzene rings is 1. The monoisotopic (exact) mass is 174 g/mol. The van der Waals surface area contributed by atoms with Gasteiger partial charge in [-0.2, -0.15) is 0 Å². The number of ether oxygens (including phenoxy) is 1. The third-order valence-electron chi connectivity index (χ3n) is 1.49. The van der Waals surface area contributed by atoms with Crippen LogP contribution < -0.4 is 4.74 Å². The molecule has 0 saturated carbocycles. The highest BCUT2D eigenvalue weighted by Crippen LogP contribution is 2.35. The smallest absolute Gasteiger partial charge is 0.267 e. The van der Waals surface area contributed by atoms with Gasteiger partial charge < -0.3 is 9.84 Å². The lowest BCUT2D eigenvalue weighted by Crippen LogP contribution is -1.89. The predicted octanol–water partition coefficient (Wildman–Crippen LogP) is 2.34. The minimum Gasteiger partial charge on any atom is -0.504 e. The van der Waals surface area contributed by atoms with Gasteiger partial charge in [-0.15, -0.1) is 0 Å². The number of para-hydroxylation sites is 1. The van der Waals surface area contributed by atoms with Gasteiger partial charge in [-0.1, -0.05) is 6.07 Å². The molecule has 1 aromatic rings. The van der Waals surface area contributed by atoms with Crippen molar-refractivity contribution in [3.05, 3.63) is 23.8 Å². The van der Waals surface area contributed by atoms with Crippen molar-refractivity contribution in [2.24, 2.45) is 0 Å². The second kappa shape index (κ2) is 3.38. The molecule has 0 aromatic heterocycles. The van der Waals surface area contributed by atoms with Gasteiger partial charge in [0, 0.05) is 0 Å². The maximum Gasteiger partial charge on any atom is 0.267 e. The molecular formula is C8H8F2O2. The minimum absolute atomic E-state index is 0.0628. The zero-order valence-electron chi connectivity index (χ0n) is 6.42. The second-order valence-corrected chi connectivity index (χ2v) is 2.20. The lowest BCUT2D eigenvalue weighted by atomic mass is 10.2. The van der Waals surface area contributed by atoms with Crippen molar-refractivity contribution in [2.45, 2.75) is 6.43 Å². The maximum atomic E-state index is 12.1. The van der Waals surface area contributed by atoms with E-state index in [0.29, 0.717) is 0 Å². The van der Waals surface area contributed by atoms with Crippen molar-refractivity contribution >= 4 is 0 Å². The van der Waals surface area contributed by atoms with Gasteiger partial charge in [0.15, 0.2) is 11.5 Å². The first-order valence-electron chi connectivity index (χ1n) is 3.31. The molecule has 0 bridgehead atoms. The topological polar surface area (TPSA) is 29.5 Å². The zero-order valence-corrected chi connectivity index (χ0v) is 6.42. The molecule has 4 heteroatoms. The Kier molecular flexibility index (Phi) is 2.47. The Balaban J connectivity index is 3.14. The number of phenols is 1. The molecule has 0 atom stereocenters. The minimum atomic E-state index is -2.68. The van der Waals surface area contributed by atoms with Crippen LogP contribution in [0.5, 0.6) is 11.5 Å². The van der Waals surface area contributed by atoms with Crippen LogP contribution in [0, 0.1) is 0 Å². The third kappa shape index (κ3) is 1.47. The first-order valence-corrected chi connectivity index (χ1v) is 3.31. The molecule has 2 nitrogen and oxygen atoms in total. The molecule has 1 rings (SSSR count). The number of methoxy groups -OCH3 is 1. The average molecular weight is 174 g/mol. The molecule has 0 unspecified atom stereocenters. The zero-order chi connectivity index (χ0) is 9.14. The normalized spacial score (nSPS) is 10.3. The summed E-state index contributed by atoms with van der Waals surface area (Å²) < 4.78 is 28.9. The van der Waals surface area contributed by atoms with Gasteiger partial charge in [-0.3, -0.25) is 0 Å². The van der Waals surface area contributed by atoms with Crippen molar-refractivity contribution in [3.8, 4) is 11.5 Å². The van der Waals surface area contributed by atoms with Crippen LogP contribution in [-0.4, -0.2) is 12.2 Å². The molecule has 0 amide bonds. The number of phenolic OH excluding ortho intramolecular Hbond substituents is 1. The third-order valence-corrected chi connectivity index (χ3v) is 1.49. The molecule has 0 spiro atoms. The van der Waals surface area contributed by atoms with Crippen LogP contribution in [0.2, 0.25) is 0 Å². The number of halogens is 2. The predicted molar refractivity (Wildman–Crippen MR) is 39.6 cm³/mol. The summed E-state index contributed by atoms with van der Waals surface area (Å²) in [6.07, 6.45) is -2.68. The highest BCUT2D eigenvalue weighted by atomic mass is 19.3. The summed E-state index contributed by atoms with van der Waals surface area (Å²) in [6, 6.07) is 3.98. The van der Waals surface area contributed by atoms with E-state index in [4.69, 9.17) is 5.11 Å². The maximum absolute atomic E-state index is 12.1. The van der Waals surface area contributed by atoms with E-state index in [1.807, 2.05) is 0 Å². The molecule has 0 fully saturated rings. The van der Waals surface area contributed by atoms with Crippen LogP contribution in [-0.2, 0) is 0 Å². The Morgan fingerprint density at radius 2 is 2.08 bits per heavy atom. The van der Waals surface area contributed by atoms with E-state index in [0.717, 1.165) is 6.07 Å². The van der Waals surface area contributed by atoms with E-state index >= 15 is 0 Å². The van der Waals surface area contributed by atoms with Crippen LogP contribution >= 0.6 is 0 Å². The fourth-order valence-corrected chi connectivity index (χ4v) is 0.880.